The van der Waals surface area contributed by atoms with Crippen LogP contribution < -0.4 is 9.62 Å². The fourth-order valence-electron chi connectivity index (χ4n) is 4.59. The van der Waals surface area contributed by atoms with E-state index in [0.717, 1.165) is 41.8 Å². The quantitative estimate of drug-likeness (QED) is 0.431. The van der Waals surface area contributed by atoms with Crippen molar-refractivity contribution in [3.8, 4) is 0 Å². The third kappa shape index (κ3) is 8.71. The topological polar surface area (TPSA) is 86.8 Å². The number of hydrogen-bond acceptors (Lipinski definition) is 4. The van der Waals surface area contributed by atoms with E-state index in [9.17, 15) is 22.4 Å². The van der Waals surface area contributed by atoms with Crippen molar-refractivity contribution in [2.45, 2.75) is 70.5 Å². The zero-order chi connectivity index (χ0) is 27.0. The Morgan fingerprint density at radius 2 is 1.78 bits per heavy atom. The highest BCUT2D eigenvalue weighted by Crippen LogP contribution is 2.21. The van der Waals surface area contributed by atoms with E-state index in [-0.39, 0.29) is 43.8 Å². The van der Waals surface area contributed by atoms with Crippen molar-refractivity contribution in [3.63, 3.8) is 0 Å². The van der Waals surface area contributed by atoms with Gasteiger partial charge in [-0.25, -0.2) is 12.8 Å². The van der Waals surface area contributed by atoms with Crippen molar-refractivity contribution in [2.75, 3.05) is 17.1 Å². The summed E-state index contributed by atoms with van der Waals surface area (Å²) in [6.45, 7) is 1.96. The molecule has 0 aliphatic heterocycles. The van der Waals surface area contributed by atoms with E-state index in [0.29, 0.717) is 10.7 Å². The van der Waals surface area contributed by atoms with Gasteiger partial charge in [0.15, 0.2) is 0 Å². The molecular weight excluding hydrogens is 517 g/mol. The molecule has 0 spiro atoms. The van der Waals surface area contributed by atoms with Gasteiger partial charge in [0, 0.05) is 30.6 Å². The molecule has 2 amide bonds. The van der Waals surface area contributed by atoms with Gasteiger partial charge >= 0.3 is 0 Å². The predicted molar refractivity (Wildman–Crippen MR) is 144 cm³/mol. The molecule has 7 nitrogen and oxygen atoms in total. The van der Waals surface area contributed by atoms with Crippen LogP contribution in [0, 0.1) is 5.82 Å². The summed E-state index contributed by atoms with van der Waals surface area (Å²) < 4.78 is 39.2. The molecule has 37 heavy (non-hydrogen) atoms. The Balaban J connectivity index is 1.71. The van der Waals surface area contributed by atoms with Gasteiger partial charge in [-0.3, -0.25) is 13.9 Å². The standard InChI is InChI=1S/C27H35ClFN3O4S/c1-20(27(34)30-24-10-4-3-5-11-24)31(19-21-8-6-9-22(28)18-21)26(33)12-7-17-32(37(2,35)36)25-15-13-23(29)14-16-25/h6,8-9,13-16,18,20,24H,3-5,7,10-12,17,19H2,1-2H3,(H,30,34)/t20-/m1/s1. The van der Waals surface area contributed by atoms with Gasteiger partial charge < -0.3 is 10.2 Å². The Hall–Kier alpha value is -2.65. The third-order valence-electron chi connectivity index (χ3n) is 6.63. The number of amides is 2. The summed E-state index contributed by atoms with van der Waals surface area (Å²) in [6.07, 6.45) is 6.54. The van der Waals surface area contributed by atoms with Crippen molar-refractivity contribution in [1.29, 1.82) is 0 Å². The zero-order valence-corrected chi connectivity index (χ0v) is 22.9. The van der Waals surface area contributed by atoms with E-state index in [2.05, 4.69) is 5.32 Å². The van der Waals surface area contributed by atoms with Crippen LogP contribution in [0.5, 0.6) is 0 Å². The number of anilines is 1. The lowest BCUT2D eigenvalue weighted by Crippen LogP contribution is -2.50. The molecule has 3 rings (SSSR count). The molecule has 10 heteroatoms. The summed E-state index contributed by atoms with van der Waals surface area (Å²) in [6, 6.07) is 11.7. The number of nitrogens with zero attached hydrogens (tertiary/aromatic N) is 2. The van der Waals surface area contributed by atoms with Crippen LogP contribution in [0.1, 0.15) is 57.4 Å². The van der Waals surface area contributed by atoms with Gasteiger partial charge in [0.05, 0.1) is 11.9 Å². The van der Waals surface area contributed by atoms with E-state index in [1.165, 1.54) is 35.6 Å². The second-order valence-electron chi connectivity index (χ2n) is 9.59. The average Bonchev–Trinajstić information content (AvgIpc) is 2.85. The highest BCUT2D eigenvalue weighted by atomic mass is 35.5. The Kier molecular flexibility index (Phi) is 10.3. The molecule has 1 fully saturated rings. The number of sulfonamides is 1. The molecule has 1 aliphatic carbocycles. The minimum atomic E-state index is -3.64. The lowest BCUT2D eigenvalue weighted by Gasteiger charge is -2.31. The number of hydrogen-bond donors (Lipinski definition) is 1. The molecule has 0 saturated heterocycles. The van der Waals surface area contributed by atoms with Gasteiger partial charge in [-0.05, 0) is 68.1 Å². The van der Waals surface area contributed by atoms with Gasteiger partial charge in [0.2, 0.25) is 21.8 Å². The molecule has 2 aromatic carbocycles. The molecule has 0 unspecified atom stereocenters. The lowest BCUT2D eigenvalue weighted by atomic mass is 9.95. The number of rotatable bonds is 11. The van der Waals surface area contributed by atoms with Gasteiger partial charge in [-0.1, -0.05) is 43.0 Å². The predicted octanol–water partition coefficient (Wildman–Crippen LogP) is 4.89. The van der Waals surface area contributed by atoms with Crippen molar-refractivity contribution in [1.82, 2.24) is 10.2 Å². The first-order chi connectivity index (χ1) is 17.5. The average molecular weight is 552 g/mol. The van der Waals surface area contributed by atoms with E-state index >= 15 is 0 Å². The Morgan fingerprint density at radius 1 is 1.11 bits per heavy atom. The van der Waals surface area contributed by atoms with Crippen LogP contribution >= 0.6 is 11.6 Å². The molecule has 1 saturated carbocycles. The number of benzene rings is 2. The van der Waals surface area contributed by atoms with Crippen LogP contribution in [0.15, 0.2) is 48.5 Å². The Labute approximate surface area is 224 Å². The van der Waals surface area contributed by atoms with Crippen molar-refractivity contribution in [2.24, 2.45) is 0 Å². The van der Waals surface area contributed by atoms with E-state index < -0.39 is 21.9 Å². The first-order valence-electron chi connectivity index (χ1n) is 12.6. The summed E-state index contributed by atoms with van der Waals surface area (Å²) in [5.74, 6) is -0.935. The molecule has 1 N–H and O–H groups in total. The number of nitrogens with one attached hydrogen (secondary N) is 1. The Bertz CT molecular complexity index is 1170. The fraction of sp³-hybridized carbons (Fsp3) is 0.481. The third-order valence-corrected chi connectivity index (χ3v) is 8.06. The minimum Gasteiger partial charge on any atom is -0.352 e. The fourth-order valence-corrected chi connectivity index (χ4v) is 5.77. The maximum Gasteiger partial charge on any atom is 0.242 e. The van der Waals surface area contributed by atoms with Gasteiger partial charge in [-0.2, -0.15) is 0 Å². The van der Waals surface area contributed by atoms with Crippen LogP contribution in [-0.2, 0) is 26.2 Å². The maximum absolute atomic E-state index is 13.4. The zero-order valence-electron chi connectivity index (χ0n) is 21.3. The van der Waals surface area contributed by atoms with Crippen molar-refractivity contribution < 1.29 is 22.4 Å². The van der Waals surface area contributed by atoms with Crippen LogP contribution in [0.2, 0.25) is 5.02 Å². The Morgan fingerprint density at radius 3 is 2.41 bits per heavy atom. The van der Waals surface area contributed by atoms with Crippen LogP contribution in [0.25, 0.3) is 0 Å². The maximum atomic E-state index is 13.4. The largest absolute Gasteiger partial charge is 0.352 e. The molecule has 2 aromatic rings. The van der Waals surface area contributed by atoms with E-state index in [1.807, 2.05) is 6.07 Å². The SMILES string of the molecule is C[C@H](C(=O)NC1CCCCC1)N(Cc1cccc(Cl)c1)C(=O)CCCN(c1ccc(F)cc1)S(C)(=O)=O. The molecule has 202 valence electrons. The smallest absolute Gasteiger partial charge is 0.242 e. The first kappa shape index (κ1) is 28.9. The molecule has 0 bridgehead atoms. The summed E-state index contributed by atoms with van der Waals surface area (Å²) in [4.78, 5) is 28.0. The summed E-state index contributed by atoms with van der Waals surface area (Å²) >= 11 is 6.14. The second-order valence-corrected chi connectivity index (χ2v) is 11.9. The molecule has 0 radical (unpaired) electrons. The molecule has 0 heterocycles. The van der Waals surface area contributed by atoms with Gasteiger partial charge in [-0.15, -0.1) is 0 Å². The molecule has 1 aliphatic rings. The van der Waals surface area contributed by atoms with E-state index in [4.69, 9.17) is 11.6 Å². The highest BCUT2D eigenvalue weighted by molar-refractivity contribution is 7.92. The number of carbonyl (C=O) groups excluding carboxylic acids is 2. The lowest BCUT2D eigenvalue weighted by molar-refractivity contribution is -0.141. The number of halogens is 2. The minimum absolute atomic E-state index is 0.0365. The van der Waals surface area contributed by atoms with Crippen LogP contribution in [-0.4, -0.2) is 50.0 Å². The molecule has 1 atom stereocenters. The van der Waals surface area contributed by atoms with Gasteiger partial charge in [0.1, 0.15) is 11.9 Å². The van der Waals surface area contributed by atoms with Crippen molar-refractivity contribution in [3.05, 3.63) is 64.9 Å². The number of carbonyl (C=O) groups is 2. The monoisotopic (exact) mass is 551 g/mol. The molecule has 0 aromatic heterocycles. The summed E-state index contributed by atoms with van der Waals surface area (Å²) in [5.41, 5.74) is 1.12. The van der Waals surface area contributed by atoms with E-state index in [1.54, 1.807) is 25.1 Å². The molecular formula is C27H35ClFN3O4S. The highest BCUT2D eigenvalue weighted by Gasteiger charge is 2.28. The summed E-state index contributed by atoms with van der Waals surface area (Å²) in [7, 11) is -3.64. The summed E-state index contributed by atoms with van der Waals surface area (Å²) in [5, 5.41) is 3.63. The normalized spacial score (nSPS) is 15.1. The van der Waals surface area contributed by atoms with Crippen molar-refractivity contribution >= 4 is 39.1 Å². The second kappa shape index (κ2) is 13.2. The van der Waals surface area contributed by atoms with Crippen LogP contribution in [0.4, 0.5) is 10.1 Å². The van der Waals surface area contributed by atoms with Gasteiger partial charge in [0.25, 0.3) is 0 Å². The van der Waals surface area contributed by atoms with Crippen LogP contribution in [0.3, 0.4) is 0 Å². The first-order valence-corrected chi connectivity index (χ1v) is 14.8.